The quantitative estimate of drug-likeness (QED) is 0.430. The summed E-state index contributed by atoms with van der Waals surface area (Å²) in [5, 5.41) is 0. The molecule has 0 aromatic heterocycles. The zero-order valence-corrected chi connectivity index (χ0v) is 11.0. The van der Waals surface area contributed by atoms with E-state index in [4.69, 9.17) is 0 Å². The van der Waals surface area contributed by atoms with Gasteiger partial charge in [0.05, 0.1) is 0 Å². The summed E-state index contributed by atoms with van der Waals surface area (Å²) in [7, 11) is 0. The molecule has 0 aliphatic heterocycles. The van der Waals surface area contributed by atoms with Gasteiger partial charge in [0.25, 0.3) is 14.1 Å². The van der Waals surface area contributed by atoms with Crippen molar-refractivity contribution < 1.29 is 0 Å². The fraction of sp³-hybridized carbons (Fsp3) is 1.00. The van der Waals surface area contributed by atoms with E-state index in [0.717, 1.165) is 0 Å². The van der Waals surface area contributed by atoms with Gasteiger partial charge in [0, 0.05) is 0 Å². The van der Waals surface area contributed by atoms with Crippen molar-refractivity contribution in [2.45, 2.75) is 69.7 Å². The van der Waals surface area contributed by atoms with E-state index in [-0.39, 0.29) is 14.1 Å². The van der Waals surface area contributed by atoms with Crippen LogP contribution in [0.1, 0.15) is 52.4 Å². The summed E-state index contributed by atoms with van der Waals surface area (Å²) in [6.07, 6.45) is 8.49. The van der Waals surface area contributed by atoms with Crippen molar-refractivity contribution in [3.05, 3.63) is 0 Å². The van der Waals surface area contributed by atoms with Crippen LogP contribution >= 0.6 is 0 Å². The molecular weight excluding hydrogens is 159 g/mol. The van der Waals surface area contributed by atoms with Gasteiger partial charge in [-0.15, -0.1) is 17.4 Å². The summed E-state index contributed by atoms with van der Waals surface area (Å²) in [6, 6.07) is 0. The molecular formula is C11H27Al. The maximum Gasteiger partial charge on any atom is 0.251 e. The second-order valence-corrected chi connectivity index (χ2v) is 7.61. The lowest BCUT2D eigenvalue weighted by atomic mass is 10.1. The van der Waals surface area contributed by atoms with Crippen LogP contribution in [0.25, 0.3) is 0 Å². The first-order valence-electron chi connectivity index (χ1n) is 5.65. The number of hydrogen-bond donors (Lipinski definition) is 0. The molecule has 0 radical (unpaired) electrons. The number of unbranched alkanes of at least 4 members (excludes halogenated alkanes) is 5. The summed E-state index contributed by atoms with van der Waals surface area (Å²) >= 11 is -0.139. The lowest BCUT2D eigenvalue weighted by Crippen LogP contribution is -1.84. The largest absolute Gasteiger partial charge is 0.251 e. The molecule has 0 saturated carbocycles. The van der Waals surface area contributed by atoms with Crippen molar-refractivity contribution in [3.63, 3.8) is 0 Å². The lowest BCUT2D eigenvalue weighted by molar-refractivity contribution is 0.624. The molecule has 12 heavy (non-hydrogen) atoms. The minimum Gasteiger partial charge on any atom is -0.106 e. The third-order valence-electron chi connectivity index (χ3n) is 1.46. The van der Waals surface area contributed by atoms with Gasteiger partial charge in [-0.3, -0.25) is 0 Å². The third-order valence-corrected chi connectivity index (χ3v) is 1.46. The summed E-state index contributed by atoms with van der Waals surface area (Å²) in [5.41, 5.74) is 0. The maximum absolute atomic E-state index is 2.31. The first-order valence-corrected chi connectivity index (χ1v) is 9.11. The second-order valence-electron chi connectivity index (χ2n) is 4.15. The van der Waals surface area contributed by atoms with Crippen LogP contribution in [0.2, 0.25) is 17.4 Å². The molecule has 0 heterocycles. The van der Waals surface area contributed by atoms with Gasteiger partial charge < -0.3 is 0 Å². The molecule has 0 fully saturated rings. The molecule has 0 aliphatic carbocycles. The Morgan fingerprint density at radius 3 is 1.08 bits per heavy atom. The zero-order valence-electron chi connectivity index (χ0n) is 9.82. The molecule has 0 rings (SSSR count). The minimum atomic E-state index is -0.139. The highest BCUT2D eigenvalue weighted by atomic mass is 27.2. The first-order chi connectivity index (χ1) is 5.65. The Balaban J connectivity index is 0. The van der Waals surface area contributed by atoms with E-state index in [0.29, 0.717) is 0 Å². The molecule has 1 heteroatoms. The van der Waals surface area contributed by atoms with Gasteiger partial charge in [-0.1, -0.05) is 52.4 Å². The average Bonchev–Trinajstić information content (AvgIpc) is 1.97. The normalized spacial score (nSPS) is 8.75. The molecule has 0 aromatic rings. The molecule has 0 aromatic carbocycles. The average molecular weight is 186 g/mol. The predicted octanol–water partition coefficient (Wildman–Crippen LogP) is 4.74. The highest BCUT2D eigenvalue weighted by Gasteiger charge is 1.83. The fourth-order valence-electron chi connectivity index (χ4n) is 0.854. The van der Waals surface area contributed by atoms with Crippen molar-refractivity contribution >= 4 is 14.1 Å². The summed E-state index contributed by atoms with van der Waals surface area (Å²) < 4.78 is 0. The molecule has 0 N–H and O–H groups in total. The van der Waals surface area contributed by atoms with E-state index < -0.39 is 0 Å². The van der Waals surface area contributed by atoms with Crippen molar-refractivity contribution in [3.8, 4) is 0 Å². The van der Waals surface area contributed by atoms with Crippen LogP contribution in [0.15, 0.2) is 0 Å². The van der Waals surface area contributed by atoms with E-state index in [1.807, 2.05) is 0 Å². The zero-order chi connectivity index (χ0) is 9.82. The van der Waals surface area contributed by atoms with Gasteiger partial charge in [-0.05, 0) is 0 Å². The standard InChI is InChI=1S/C8H18.3CH3.Al/c1-3-5-7-8-6-4-2;;;;/h3-8H2,1-2H3;3*1H3;. The van der Waals surface area contributed by atoms with Crippen molar-refractivity contribution in [2.24, 2.45) is 0 Å². The van der Waals surface area contributed by atoms with Crippen LogP contribution in [0.4, 0.5) is 0 Å². The van der Waals surface area contributed by atoms with Crippen molar-refractivity contribution in [2.75, 3.05) is 0 Å². The third kappa shape index (κ3) is 31.3. The van der Waals surface area contributed by atoms with E-state index in [9.17, 15) is 0 Å². The Bertz CT molecular complexity index is 51.3. The topological polar surface area (TPSA) is 0 Å². The Hall–Kier alpha value is 0.532. The Morgan fingerprint density at radius 2 is 0.917 bits per heavy atom. The summed E-state index contributed by atoms with van der Waals surface area (Å²) in [4.78, 5) is 0. The van der Waals surface area contributed by atoms with Gasteiger partial charge in [0.2, 0.25) is 0 Å². The SMILES string of the molecule is CCCCCCCC.[CH3][Al]([CH3])[CH3]. The second kappa shape index (κ2) is 14.1. The molecule has 0 amide bonds. The van der Waals surface area contributed by atoms with Crippen LogP contribution in [0.5, 0.6) is 0 Å². The van der Waals surface area contributed by atoms with Gasteiger partial charge in [0.1, 0.15) is 0 Å². The molecule has 0 saturated heterocycles. The highest BCUT2D eigenvalue weighted by Crippen LogP contribution is 2.03. The van der Waals surface area contributed by atoms with Crippen molar-refractivity contribution in [1.29, 1.82) is 0 Å². The molecule has 0 spiro atoms. The van der Waals surface area contributed by atoms with Gasteiger partial charge in [-0.25, -0.2) is 0 Å². The van der Waals surface area contributed by atoms with E-state index in [2.05, 4.69) is 31.2 Å². The summed E-state index contributed by atoms with van der Waals surface area (Å²) in [5.74, 6) is 6.92. The van der Waals surface area contributed by atoms with Gasteiger partial charge in [0.15, 0.2) is 0 Å². The van der Waals surface area contributed by atoms with Gasteiger partial charge in [-0.2, -0.15) is 0 Å². The van der Waals surface area contributed by atoms with E-state index in [1.165, 1.54) is 38.5 Å². The van der Waals surface area contributed by atoms with Crippen LogP contribution in [-0.2, 0) is 0 Å². The van der Waals surface area contributed by atoms with Crippen LogP contribution in [0, 0.1) is 0 Å². The van der Waals surface area contributed by atoms with Gasteiger partial charge >= 0.3 is 0 Å². The Labute approximate surface area is 84.1 Å². The molecule has 0 nitrogen and oxygen atoms in total. The predicted molar refractivity (Wildman–Crippen MR) is 62.4 cm³/mol. The molecule has 0 unspecified atom stereocenters. The molecule has 0 aliphatic rings. The highest BCUT2D eigenvalue weighted by molar-refractivity contribution is 6.54. The van der Waals surface area contributed by atoms with E-state index >= 15 is 0 Å². The number of rotatable bonds is 5. The Morgan fingerprint density at radius 1 is 0.667 bits per heavy atom. The molecule has 74 valence electrons. The smallest absolute Gasteiger partial charge is 0.106 e. The fourth-order valence-corrected chi connectivity index (χ4v) is 0.854. The minimum absolute atomic E-state index is 0.139. The van der Waals surface area contributed by atoms with Crippen LogP contribution < -0.4 is 0 Å². The monoisotopic (exact) mass is 186 g/mol. The summed E-state index contributed by atoms with van der Waals surface area (Å²) in [6.45, 7) is 4.51. The first kappa shape index (κ1) is 15.0. The molecule has 0 atom stereocenters. The van der Waals surface area contributed by atoms with Crippen molar-refractivity contribution in [1.82, 2.24) is 0 Å². The van der Waals surface area contributed by atoms with Crippen LogP contribution in [0.3, 0.4) is 0 Å². The van der Waals surface area contributed by atoms with E-state index in [1.54, 1.807) is 0 Å². The number of hydrogen-bond acceptors (Lipinski definition) is 0. The Kier molecular flexibility index (Phi) is 17.6. The van der Waals surface area contributed by atoms with Crippen LogP contribution in [-0.4, -0.2) is 14.1 Å². The molecule has 0 bridgehead atoms. The lowest BCUT2D eigenvalue weighted by Gasteiger charge is -1.93. The maximum atomic E-state index is 2.31.